The van der Waals surface area contributed by atoms with Crippen LogP contribution in [-0.4, -0.2) is 32.5 Å². The van der Waals surface area contributed by atoms with Crippen molar-refractivity contribution in [2.75, 3.05) is 26.4 Å². The summed E-state index contributed by atoms with van der Waals surface area (Å²) in [6.45, 7) is 7.19. The van der Waals surface area contributed by atoms with Gasteiger partial charge < -0.3 is 15.2 Å². The van der Waals surface area contributed by atoms with E-state index in [0.29, 0.717) is 31.2 Å². The Bertz CT molecular complexity index is 162. The highest BCUT2D eigenvalue weighted by molar-refractivity contribution is 4.77. The van der Waals surface area contributed by atoms with Gasteiger partial charge in [0.25, 0.3) is 0 Å². The summed E-state index contributed by atoms with van der Waals surface area (Å²) in [5.74, 6) is 1.38. The monoisotopic (exact) mass is 215 g/mol. The summed E-state index contributed by atoms with van der Waals surface area (Å²) >= 11 is 0. The first kappa shape index (κ1) is 12.9. The van der Waals surface area contributed by atoms with E-state index in [1.54, 1.807) is 0 Å². The summed E-state index contributed by atoms with van der Waals surface area (Å²) in [6.07, 6.45) is 4.19. The number of rotatable bonds is 7. The Labute approximate surface area is 93.3 Å². The molecule has 0 aliphatic heterocycles. The minimum Gasteiger partial charge on any atom is -0.379 e. The Morgan fingerprint density at radius 1 is 1.20 bits per heavy atom. The first-order valence-corrected chi connectivity index (χ1v) is 6.13. The molecule has 1 rings (SSSR count). The summed E-state index contributed by atoms with van der Waals surface area (Å²) in [4.78, 5) is 0. The molecule has 1 fully saturated rings. The molecular formula is C12H25NO2. The van der Waals surface area contributed by atoms with Gasteiger partial charge in [-0.05, 0) is 45.1 Å². The van der Waals surface area contributed by atoms with Gasteiger partial charge in [-0.3, -0.25) is 0 Å². The maximum absolute atomic E-state index is 5.71. The lowest BCUT2D eigenvalue weighted by Gasteiger charge is -2.17. The molecule has 0 aromatic carbocycles. The van der Waals surface area contributed by atoms with Crippen LogP contribution < -0.4 is 5.73 Å². The smallest absolute Gasteiger partial charge is 0.0703 e. The second kappa shape index (κ2) is 7.20. The van der Waals surface area contributed by atoms with Gasteiger partial charge in [-0.1, -0.05) is 6.42 Å². The normalized spacial score (nSPS) is 26.4. The van der Waals surface area contributed by atoms with Gasteiger partial charge in [-0.25, -0.2) is 0 Å². The molecule has 3 nitrogen and oxygen atoms in total. The first-order chi connectivity index (χ1) is 7.24. The van der Waals surface area contributed by atoms with Gasteiger partial charge >= 0.3 is 0 Å². The summed E-state index contributed by atoms with van der Waals surface area (Å²) in [5.41, 5.74) is 5.71. The van der Waals surface area contributed by atoms with Crippen LogP contribution in [0.15, 0.2) is 0 Å². The lowest BCUT2D eigenvalue weighted by Crippen LogP contribution is -2.23. The van der Waals surface area contributed by atoms with Crippen molar-refractivity contribution in [3.05, 3.63) is 0 Å². The highest BCUT2D eigenvalue weighted by atomic mass is 16.5. The van der Waals surface area contributed by atoms with Crippen molar-refractivity contribution in [3.8, 4) is 0 Å². The van der Waals surface area contributed by atoms with Crippen molar-refractivity contribution in [2.45, 2.75) is 39.2 Å². The van der Waals surface area contributed by atoms with Crippen LogP contribution in [0.4, 0.5) is 0 Å². The summed E-state index contributed by atoms with van der Waals surface area (Å²) in [7, 11) is 0. The van der Waals surface area contributed by atoms with Crippen LogP contribution in [0.2, 0.25) is 0 Å². The third-order valence-electron chi connectivity index (χ3n) is 3.13. The first-order valence-electron chi connectivity index (χ1n) is 6.13. The van der Waals surface area contributed by atoms with E-state index in [-0.39, 0.29) is 0 Å². The van der Waals surface area contributed by atoms with Crippen molar-refractivity contribution in [3.63, 3.8) is 0 Å². The number of hydrogen-bond donors (Lipinski definition) is 1. The third-order valence-corrected chi connectivity index (χ3v) is 3.13. The minimum absolute atomic E-state index is 0.303. The van der Waals surface area contributed by atoms with Crippen LogP contribution in [0.1, 0.15) is 33.1 Å². The number of ether oxygens (including phenoxy) is 2. The molecule has 1 saturated carbocycles. The van der Waals surface area contributed by atoms with E-state index in [0.717, 1.165) is 13.2 Å². The maximum atomic E-state index is 5.71. The average Bonchev–Trinajstić information content (AvgIpc) is 2.64. The molecule has 0 spiro atoms. The zero-order chi connectivity index (χ0) is 11.1. The van der Waals surface area contributed by atoms with Gasteiger partial charge in [0.1, 0.15) is 0 Å². The molecule has 1 aliphatic rings. The van der Waals surface area contributed by atoms with Gasteiger partial charge in [0.05, 0.1) is 19.3 Å². The highest BCUT2D eigenvalue weighted by Gasteiger charge is 2.25. The Balaban J connectivity index is 1.99. The maximum Gasteiger partial charge on any atom is 0.0703 e. The summed E-state index contributed by atoms with van der Waals surface area (Å²) < 4.78 is 11.0. The van der Waals surface area contributed by atoms with Crippen LogP contribution in [0, 0.1) is 11.8 Å². The molecule has 2 atom stereocenters. The molecule has 90 valence electrons. The van der Waals surface area contributed by atoms with E-state index in [2.05, 4.69) is 0 Å². The minimum atomic E-state index is 0.303. The van der Waals surface area contributed by atoms with Gasteiger partial charge in [-0.2, -0.15) is 0 Å². The Morgan fingerprint density at radius 3 is 2.60 bits per heavy atom. The molecule has 0 heterocycles. The quantitative estimate of drug-likeness (QED) is 0.659. The molecule has 0 bridgehead atoms. The lowest BCUT2D eigenvalue weighted by molar-refractivity contribution is 0.00634. The predicted octanol–water partition coefficient (Wildman–Crippen LogP) is 1.80. The predicted molar refractivity (Wildman–Crippen MR) is 61.8 cm³/mol. The zero-order valence-corrected chi connectivity index (χ0v) is 10.1. The molecule has 0 saturated heterocycles. The van der Waals surface area contributed by atoms with E-state index < -0.39 is 0 Å². The van der Waals surface area contributed by atoms with Gasteiger partial charge in [0.2, 0.25) is 0 Å². The molecule has 3 heteroatoms. The Morgan fingerprint density at radius 2 is 1.93 bits per heavy atom. The van der Waals surface area contributed by atoms with Crippen molar-refractivity contribution in [2.24, 2.45) is 17.6 Å². The van der Waals surface area contributed by atoms with Crippen LogP contribution in [-0.2, 0) is 9.47 Å². The van der Waals surface area contributed by atoms with E-state index in [1.807, 2.05) is 13.8 Å². The van der Waals surface area contributed by atoms with E-state index in [4.69, 9.17) is 15.2 Å². The largest absolute Gasteiger partial charge is 0.379 e. The molecule has 2 unspecified atom stereocenters. The molecule has 1 aliphatic carbocycles. The van der Waals surface area contributed by atoms with E-state index in [9.17, 15) is 0 Å². The molecule has 0 aromatic heterocycles. The van der Waals surface area contributed by atoms with E-state index in [1.165, 1.54) is 19.3 Å². The molecule has 0 aromatic rings. The summed E-state index contributed by atoms with van der Waals surface area (Å²) in [5, 5.41) is 0. The van der Waals surface area contributed by atoms with Gasteiger partial charge in [0.15, 0.2) is 0 Å². The number of nitrogens with two attached hydrogens (primary N) is 1. The zero-order valence-electron chi connectivity index (χ0n) is 10.1. The van der Waals surface area contributed by atoms with Crippen molar-refractivity contribution in [1.82, 2.24) is 0 Å². The molecule has 15 heavy (non-hydrogen) atoms. The van der Waals surface area contributed by atoms with Crippen molar-refractivity contribution < 1.29 is 9.47 Å². The van der Waals surface area contributed by atoms with Crippen molar-refractivity contribution >= 4 is 0 Å². The van der Waals surface area contributed by atoms with Crippen LogP contribution in [0.5, 0.6) is 0 Å². The van der Waals surface area contributed by atoms with Crippen LogP contribution in [0.25, 0.3) is 0 Å². The fraction of sp³-hybridized carbons (Fsp3) is 1.00. The van der Waals surface area contributed by atoms with Crippen LogP contribution in [0.3, 0.4) is 0 Å². The topological polar surface area (TPSA) is 44.5 Å². The molecule has 0 radical (unpaired) electrons. The standard InChI is InChI=1S/C12H25NO2/c1-10(2)15-7-6-14-9-12-5-3-4-11(12)8-13/h10-12H,3-9,13H2,1-2H3. The second-order valence-corrected chi connectivity index (χ2v) is 4.68. The highest BCUT2D eigenvalue weighted by Crippen LogP contribution is 2.30. The SMILES string of the molecule is CC(C)OCCOCC1CCCC1CN. The molecule has 0 amide bonds. The fourth-order valence-corrected chi connectivity index (χ4v) is 2.22. The van der Waals surface area contributed by atoms with Gasteiger partial charge in [0, 0.05) is 6.61 Å². The summed E-state index contributed by atoms with van der Waals surface area (Å²) in [6, 6.07) is 0. The average molecular weight is 215 g/mol. The third kappa shape index (κ3) is 4.96. The second-order valence-electron chi connectivity index (χ2n) is 4.68. The van der Waals surface area contributed by atoms with Gasteiger partial charge in [-0.15, -0.1) is 0 Å². The fourth-order valence-electron chi connectivity index (χ4n) is 2.22. The molecule has 2 N–H and O–H groups in total. The van der Waals surface area contributed by atoms with Crippen molar-refractivity contribution in [1.29, 1.82) is 0 Å². The Hall–Kier alpha value is -0.120. The lowest BCUT2D eigenvalue weighted by atomic mass is 9.97. The Kier molecular flexibility index (Phi) is 6.22. The van der Waals surface area contributed by atoms with Crippen LogP contribution >= 0.6 is 0 Å². The van der Waals surface area contributed by atoms with E-state index >= 15 is 0 Å². The molecular weight excluding hydrogens is 190 g/mol. The number of hydrogen-bond acceptors (Lipinski definition) is 3.